The zero-order chi connectivity index (χ0) is 11.4. The molecule has 2 unspecified atom stereocenters. The highest BCUT2D eigenvalue weighted by Gasteiger charge is 2.42. The first-order chi connectivity index (χ1) is 7.11. The third-order valence-electron chi connectivity index (χ3n) is 2.55. The molecule has 1 aliphatic rings. The van der Waals surface area contributed by atoms with Crippen molar-refractivity contribution in [3.8, 4) is 0 Å². The predicted molar refractivity (Wildman–Crippen MR) is 53.9 cm³/mol. The van der Waals surface area contributed by atoms with Gasteiger partial charge in [-0.2, -0.15) is 0 Å². The molecule has 1 fully saturated rings. The normalized spacial score (nSPS) is 41.8. The van der Waals surface area contributed by atoms with Gasteiger partial charge in [0.05, 0.1) is 18.8 Å². The van der Waals surface area contributed by atoms with Gasteiger partial charge < -0.3 is 31.2 Å². The van der Waals surface area contributed by atoms with Crippen LogP contribution in [0.25, 0.3) is 0 Å². The Morgan fingerprint density at radius 2 is 2.00 bits per heavy atom. The van der Waals surface area contributed by atoms with E-state index in [4.69, 9.17) is 20.9 Å². The van der Waals surface area contributed by atoms with E-state index >= 15 is 0 Å². The summed E-state index contributed by atoms with van der Waals surface area (Å²) in [5.41, 5.74) is 11.0. The first-order valence-electron chi connectivity index (χ1n) is 5.20. The summed E-state index contributed by atoms with van der Waals surface area (Å²) >= 11 is 0. The predicted octanol–water partition coefficient (Wildman–Crippen LogP) is -1.85. The molecule has 6 heteroatoms. The lowest BCUT2D eigenvalue weighted by Gasteiger charge is -2.40. The molecule has 90 valence electrons. The van der Waals surface area contributed by atoms with Crippen LogP contribution in [0, 0.1) is 0 Å². The summed E-state index contributed by atoms with van der Waals surface area (Å²) in [4.78, 5) is 0. The molecular formula is C9H20N2O4. The molecule has 15 heavy (non-hydrogen) atoms. The number of aliphatic hydroxyl groups excluding tert-OH is 2. The summed E-state index contributed by atoms with van der Waals surface area (Å²) < 4.78 is 10.7. The van der Waals surface area contributed by atoms with Gasteiger partial charge in [-0.1, -0.05) is 6.92 Å². The van der Waals surface area contributed by atoms with Gasteiger partial charge in [-0.05, 0) is 6.42 Å². The Labute approximate surface area is 89.1 Å². The number of hydrogen-bond donors (Lipinski definition) is 4. The van der Waals surface area contributed by atoms with Crippen molar-refractivity contribution in [3.05, 3.63) is 0 Å². The van der Waals surface area contributed by atoms with Crippen molar-refractivity contribution in [2.24, 2.45) is 11.5 Å². The molecular weight excluding hydrogens is 200 g/mol. The van der Waals surface area contributed by atoms with Crippen molar-refractivity contribution in [3.63, 3.8) is 0 Å². The van der Waals surface area contributed by atoms with Crippen molar-refractivity contribution in [2.45, 2.75) is 44.0 Å². The first-order valence-corrected chi connectivity index (χ1v) is 5.20. The molecule has 0 spiro atoms. The van der Waals surface area contributed by atoms with Crippen LogP contribution in [0.5, 0.6) is 0 Å². The summed E-state index contributed by atoms with van der Waals surface area (Å²) in [7, 11) is 0. The summed E-state index contributed by atoms with van der Waals surface area (Å²) in [5, 5.41) is 19.3. The molecule has 0 radical (unpaired) electrons. The van der Waals surface area contributed by atoms with Crippen LogP contribution >= 0.6 is 0 Å². The molecule has 0 bridgehead atoms. The Morgan fingerprint density at radius 3 is 2.53 bits per heavy atom. The first kappa shape index (κ1) is 12.8. The standard InChI is InChI=1S/C9H20N2O4/c1-2-5-7(12)8(13)6(11)9(15-5)14-4-3-10/h5-9,12-13H,2-4,10-11H2,1H3/t5?,6-,7+,8?,9-/m1/s1. The van der Waals surface area contributed by atoms with E-state index in [2.05, 4.69) is 0 Å². The van der Waals surface area contributed by atoms with E-state index in [-0.39, 0.29) is 0 Å². The molecule has 6 N–H and O–H groups in total. The molecule has 0 aromatic rings. The SMILES string of the molecule is CCC1O[C@@H](OCCN)[C@H](N)C(O)[C@H]1O. The molecule has 1 rings (SSSR count). The van der Waals surface area contributed by atoms with Crippen molar-refractivity contribution >= 4 is 0 Å². The van der Waals surface area contributed by atoms with Crippen molar-refractivity contribution in [1.82, 2.24) is 0 Å². The van der Waals surface area contributed by atoms with E-state index in [0.717, 1.165) is 0 Å². The lowest BCUT2D eigenvalue weighted by molar-refractivity contribution is -0.259. The summed E-state index contributed by atoms with van der Waals surface area (Å²) in [6.45, 7) is 2.54. The molecule has 0 amide bonds. The molecule has 1 aliphatic heterocycles. The third-order valence-corrected chi connectivity index (χ3v) is 2.55. The quantitative estimate of drug-likeness (QED) is 0.442. The van der Waals surface area contributed by atoms with E-state index < -0.39 is 30.6 Å². The summed E-state index contributed by atoms with van der Waals surface area (Å²) in [5.74, 6) is 0. The van der Waals surface area contributed by atoms with Gasteiger partial charge in [0, 0.05) is 6.54 Å². The van der Waals surface area contributed by atoms with Crippen molar-refractivity contribution < 1.29 is 19.7 Å². The maximum Gasteiger partial charge on any atom is 0.175 e. The van der Waals surface area contributed by atoms with Crippen LogP contribution in [-0.2, 0) is 9.47 Å². The topological polar surface area (TPSA) is 111 Å². The van der Waals surface area contributed by atoms with Crippen molar-refractivity contribution in [1.29, 1.82) is 0 Å². The van der Waals surface area contributed by atoms with E-state index in [1.807, 2.05) is 6.92 Å². The zero-order valence-electron chi connectivity index (χ0n) is 8.87. The maximum atomic E-state index is 9.65. The van der Waals surface area contributed by atoms with E-state index in [0.29, 0.717) is 19.6 Å². The largest absolute Gasteiger partial charge is 0.388 e. The highest BCUT2D eigenvalue weighted by Crippen LogP contribution is 2.22. The van der Waals surface area contributed by atoms with E-state index in [1.165, 1.54) is 0 Å². The number of nitrogens with two attached hydrogens (primary N) is 2. The average Bonchev–Trinajstić information content (AvgIpc) is 2.25. The van der Waals surface area contributed by atoms with E-state index in [9.17, 15) is 10.2 Å². The van der Waals surface area contributed by atoms with Gasteiger partial charge in [0.15, 0.2) is 6.29 Å². The van der Waals surface area contributed by atoms with Crippen LogP contribution in [0.2, 0.25) is 0 Å². The second-order valence-corrected chi connectivity index (χ2v) is 3.67. The van der Waals surface area contributed by atoms with Gasteiger partial charge in [0.1, 0.15) is 12.2 Å². The maximum absolute atomic E-state index is 9.65. The Hall–Kier alpha value is -0.240. The fourth-order valence-corrected chi connectivity index (χ4v) is 1.62. The molecule has 0 aromatic heterocycles. The van der Waals surface area contributed by atoms with Gasteiger partial charge in [-0.3, -0.25) is 0 Å². The smallest absolute Gasteiger partial charge is 0.175 e. The molecule has 0 saturated carbocycles. The number of aliphatic hydroxyl groups is 2. The molecule has 0 aliphatic carbocycles. The number of hydrogen-bond acceptors (Lipinski definition) is 6. The average molecular weight is 220 g/mol. The van der Waals surface area contributed by atoms with Gasteiger partial charge in [0.2, 0.25) is 0 Å². The van der Waals surface area contributed by atoms with Crippen LogP contribution in [0.15, 0.2) is 0 Å². The Balaban J connectivity index is 2.57. The summed E-state index contributed by atoms with van der Waals surface area (Å²) in [6.07, 6.45) is -2.53. The van der Waals surface area contributed by atoms with Crippen LogP contribution in [0.1, 0.15) is 13.3 Å². The van der Waals surface area contributed by atoms with Gasteiger partial charge in [0.25, 0.3) is 0 Å². The Kier molecular flexibility index (Phi) is 4.91. The monoisotopic (exact) mass is 220 g/mol. The minimum atomic E-state index is -1.02. The molecule has 1 saturated heterocycles. The number of rotatable bonds is 4. The molecule has 1 heterocycles. The second-order valence-electron chi connectivity index (χ2n) is 3.67. The van der Waals surface area contributed by atoms with Crippen LogP contribution in [0.3, 0.4) is 0 Å². The van der Waals surface area contributed by atoms with Crippen LogP contribution < -0.4 is 11.5 Å². The van der Waals surface area contributed by atoms with Crippen LogP contribution in [-0.4, -0.2) is 54.0 Å². The van der Waals surface area contributed by atoms with Crippen molar-refractivity contribution in [2.75, 3.05) is 13.2 Å². The van der Waals surface area contributed by atoms with Gasteiger partial charge in [-0.25, -0.2) is 0 Å². The molecule has 0 aromatic carbocycles. The highest BCUT2D eigenvalue weighted by molar-refractivity contribution is 4.91. The molecule has 6 nitrogen and oxygen atoms in total. The lowest BCUT2D eigenvalue weighted by atomic mass is 9.96. The van der Waals surface area contributed by atoms with E-state index in [1.54, 1.807) is 0 Å². The molecule has 5 atom stereocenters. The summed E-state index contributed by atoms with van der Waals surface area (Å²) in [6, 6.07) is -0.741. The number of ether oxygens (including phenoxy) is 2. The minimum absolute atomic E-state index is 0.317. The second kappa shape index (κ2) is 5.74. The fourth-order valence-electron chi connectivity index (χ4n) is 1.62. The minimum Gasteiger partial charge on any atom is -0.388 e. The fraction of sp³-hybridized carbons (Fsp3) is 1.00. The zero-order valence-corrected chi connectivity index (χ0v) is 8.87. The lowest BCUT2D eigenvalue weighted by Crippen LogP contribution is -2.61. The van der Waals surface area contributed by atoms with Crippen LogP contribution in [0.4, 0.5) is 0 Å². The highest BCUT2D eigenvalue weighted by atomic mass is 16.7. The Morgan fingerprint density at radius 1 is 1.33 bits per heavy atom. The van der Waals surface area contributed by atoms with Gasteiger partial charge >= 0.3 is 0 Å². The third kappa shape index (κ3) is 2.87. The Bertz CT molecular complexity index is 191. The van der Waals surface area contributed by atoms with Gasteiger partial charge in [-0.15, -0.1) is 0 Å².